The molecule has 1 aliphatic rings. The summed E-state index contributed by atoms with van der Waals surface area (Å²) in [5.41, 5.74) is 2.84. The Bertz CT molecular complexity index is 1230. The summed E-state index contributed by atoms with van der Waals surface area (Å²) in [6.07, 6.45) is 5.83. The van der Waals surface area contributed by atoms with Crippen LogP contribution in [0.15, 0.2) is 72.8 Å². The van der Waals surface area contributed by atoms with E-state index in [-0.39, 0.29) is 23.6 Å². The molecule has 1 N–H and O–H groups in total. The molecule has 8 heteroatoms. The van der Waals surface area contributed by atoms with E-state index in [1.165, 1.54) is 18.2 Å². The highest BCUT2D eigenvalue weighted by Gasteiger charge is 2.31. The molecule has 4 rings (SSSR count). The zero-order chi connectivity index (χ0) is 27.6. The fourth-order valence-corrected chi connectivity index (χ4v) is 6.45. The highest BCUT2D eigenvalue weighted by atomic mass is 35.5. The molecule has 1 saturated carbocycles. The van der Waals surface area contributed by atoms with E-state index >= 15 is 0 Å². The second kappa shape index (κ2) is 15.0. The minimum Gasteiger partial charge on any atom is -0.352 e. The molecule has 2 amide bonds. The lowest BCUT2D eigenvalue weighted by Gasteiger charge is -2.33. The van der Waals surface area contributed by atoms with Crippen LogP contribution in [0.25, 0.3) is 0 Å². The molecule has 1 atom stereocenters. The standard InChI is InChI=1S/C31H33Cl3N2O2S/c32-25-14-11-23(12-15-25)19-36(30(37)21-39-20-24-13-16-26(33)18-28(24)34)29(17-22-7-3-1-4-8-22)31(38)35-27-9-5-2-6-10-27/h1,3-4,7-8,11-16,18,27,29H,2,5-6,9-10,17,19-21H2,(H,35,38)/t29-/m1/s1. The van der Waals surface area contributed by atoms with Gasteiger partial charge in [0.05, 0.1) is 5.75 Å². The zero-order valence-corrected chi connectivity index (χ0v) is 24.8. The average Bonchev–Trinajstić information content (AvgIpc) is 2.94. The number of hydrogen-bond donors (Lipinski definition) is 1. The third-order valence-corrected chi connectivity index (χ3v) is 8.79. The van der Waals surface area contributed by atoms with Crippen molar-refractivity contribution in [2.45, 2.75) is 62.9 Å². The molecular weight excluding hydrogens is 571 g/mol. The van der Waals surface area contributed by atoms with Crippen LogP contribution in [0.2, 0.25) is 15.1 Å². The largest absolute Gasteiger partial charge is 0.352 e. The van der Waals surface area contributed by atoms with Crippen molar-refractivity contribution in [1.29, 1.82) is 0 Å². The number of carbonyl (C=O) groups excluding carboxylic acids is 2. The third kappa shape index (κ3) is 9.18. The molecular formula is C31H33Cl3N2O2S. The van der Waals surface area contributed by atoms with Crippen LogP contribution in [0, 0.1) is 0 Å². The van der Waals surface area contributed by atoms with Gasteiger partial charge in [-0.1, -0.05) is 103 Å². The maximum atomic E-state index is 13.8. The van der Waals surface area contributed by atoms with Gasteiger partial charge in [-0.3, -0.25) is 9.59 Å². The van der Waals surface area contributed by atoms with Gasteiger partial charge in [-0.05, 0) is 53.8 Å². The van der Waals surface area contributed by atoms with Crippen molar-refractivity contribution in [3.63, 3.8) is 0 Å². The predicted octanol–water partition coefficient (Wildman–Crippen LogP) is 7.97. The Morgan fingerprint density at radius 3 is 2.26 bits per heavy atom. The van der Waals surface area contributed by atoms with E-state index < -0.39 is 6.04 Å². The minimum absolute atomic E-state index is 0.0974. The summed E-state index contributed by atoms with van der Waals surface area (Å²) < 4.78 is 0. The van der Waals surface area contributed by atoms with E-state index in [1.807, 2.05) is 60.7 Å². The predicted molar refractivity (Wildman–Crippen MR) is 164 cm³/mol. The monoisotopic (exact) mass is 602 g/mol. The quantitative estimate of drug-likeness (QED) is 0.242. The second-order valence-corrected chi connectivity index (χ2v) is 12.2. The van der Waals surface area contributed by atoms with E-state index in [1.54, 1.807) is 17.0 Å². The van der Waals surface area contributed by atoms with Crippen molar-refractivity contribution in [3.05, 3.63) is 105 Å². The van der Waals surface area contributed by atoms with E-state index in [2.05, 4.69) is 5.32 Å². The molecule has 0 aromatic heterocycles. The normalized spacial score (nSPS) is 14.5. The maximum Gasteiger partial charge on any atom is 0.243 e. The summed E-state index contributed by atoms with van der Waals surface area (Å²) >= 11 is 20.0. The van der Waals surface area contributed by atoms with Gasteiger partial charge in [-0.2, -0.15) is 0 Å². The van der Waals surface area contributed by atoms with Crippen LogP contribution in [0.3, 0.4) is 0 Å². The topological polar surface area (TPSA) is 49.4 Å². The Hall–Kier alpha value is -2.18. The van der Waals surface area contributed by atoms with Crippen molar-refractivity contribution in [3.8, 4) is 0 Å². The number of rotatable bonds is 11. The van der Waals surface area contributed by atoms with Gasteiger partial charge in [0.1, 0.15) is 6.04 Å². The van der Waals surface area contributed by atoms with Gasteiger partial charge in [0.25, 0.3) is 0 Å². The number of halogens is 3. The van der Waals surface area contributed by atoms with Crippen molar-refractivity contribution >= 4 is 58.4 Å². The lowest BCUT2D eigenvalue weighted by Crippen LogP contribution is -2.53. The second-order valence-electron chi connectivity index (χ2n) is 9.93. The SMILES string of the molecule is O=C(NC1CCCCC1)[C@@H](Cc1ccccc1)N(Cc1ccc(Cl)cc1)C(=O)CSCc1ccc(Cl)cc1Cl. The summed E-state index contributed by atoms with van der Waals surface area (Å²) in [5, 5.41) is 5.05. The lowest BCUT2D eigenvalue weighted by molar-refractivity contribution is -0.139. The number of benzene rings is 3. The average molecular weight is 604 g/mol. The number of carbonyl (C=O) groups is 2. The first-order valence-electron chi connectivity index (χ1n) is 13.3. The number of hydrogen-bond acceptors (Lipinski definition) is 3. The van der Waals surface area contributed by atoms with Crippen LogP contribution in [-0.2, 0) is 28.3 Å². The summed E-state index contributed by atoms with van der Waals surface area (Å²) in [6.45, 7) is 0.313. The molecule has 0 heterocycles. The highest BCUT2D eigenvalue weighted by molar-refractivity contribution is 7.99. The van der Waals surface area contributed by atoms with Crippen LogP contribution >= 0.6 is 46.6 Å². The molecule has 0 spiro atoms. The Labute approximate surface area is 250 Å². The molecule has 0 bridgehead atoms. The summed E-state index contributed by atoms with van der Waals surface area (Å²) in [7, 11) is 0. The van der Waals surface area contributed by atoms with Crippen molar-refractivity contribution in [2.24, 2.45) is 0 Å². The molecule has 0 radical (unpaired) electrons. The number of amides is 2. The molecule has 0 unspecified atom stereocenters. The van der Waals surface area contributed by atoms with Gasteiger partial charge < -0.3 is 10.2 Å². The van der Waals surface area contributed by atoms with Crippen LogP contribution in [0.1, 0.15) is 48.8 Å². The Morgan fingerprint density at radius 2 is 1.56 bits per heavy atom. The number of thioether (sulfide) groups is 1. The molecule has 3 aromatic carbocycles. The molecule has 206 valence electrons. The van der Waals surface area contributed by atoms with Gasteiger partial charge in [0.15, 0.2) is 0 Å². The molecule has 39 heavy (non-hydrogen) atoms. The van der Waals surface area contributed by atoms with Crippen LogP contribution < -0.4 is 5.32 Å². The fourth-order valence-electron chi connectivity index (χ4n) is 4.85. The van der Waals surface area contributed by atoms with Gasteiger partial charge in [-0.15, -0.1) is 11.8 Å². The molecule has 4 nitrogen and oxygen atoms in total. The van der Waals surface area contributed by atoms with Crippen LogP contribution in [-0.4, -0.2) is 34.6 Å². The summed E-state index contributed by atoms with van der Waals surface area (Å²) in [6, 6.07) is 22.2. The highest BCUT2D eigenvalue weighted by Crippen LogP contribution is 2.26. The van der Waals surface area contributed by atoms with Gasteiger partial charge in [0, 0.05) is 39.8 Å². The Balaban J connectivity index is 1.56. The van der Waals surface area contributed by atoms with Gasteiger partial charge in [0.2, 0.25) is 11.8 Å². The molecule has 0 saturated heterocycles. The molecule has 1 aliphatic carbocycles. The summed E-state index contributed by atoms with van der Waals surface area (Å²) in [4.78, 5) is 29.4. The third-order valence-electron chi connectivity index (χ3n) is 6.99. The first-order chi connectivity index (χ1) is 18.9. The van der Waals surface area contributed by atoms with Crippen LogP contribution in [0.4, 0.5) is 0 Å². The number of nitrogens with zero attached hydrogens (tertiary/aromatic N) is 1. The van der Waals surface area contributed by atoms with Crippen molar-refractivity contribution < 1.29 is 9.59 Å². The molecule has 0 aliphatic heterocycles. The molecule has 1 fully saturated rings. The van der Waals surface area contributed by atoms with E-state index in [9.17, 15) is 9.59 Å². The first-order valence-corrected chi connectivity index (χ1v) is 15.6. The van der Waals surface area contributed by atoms with Gasteiger partial charge >= 0.3 is 0 Å². The zero-order valence-electron chi connectivity index (χ0n) is 21.8. The van der Waals surface area contributed by atoms with Crippen LogP contribution in [0.5, 0.6) is 0 Å². The smallest absolute Gasteiger partial charge is 0.243 e. The fraction of sp³-hybridized carbons (Fsp3) is 0.355. The number of nitrogens with one attached hydrogen (secondary N) is 1. The van der Waals surface area contributed by atoms with E-state index in [0.717, 1.165) is 42.4 Å². The van der Waals surface area contributed by atoms with E-state index in [0.29, 0.717) is 33.8 Å². The Kier molecular flexibility index (Phi) is 11.5. The summed E-state index contributed by atoms with van der Waals surface area (Å²) in [5.74, 6) is 0.585. The van der Waals surface area contributed by atoms with Crippen molar-refractivity contribution in [1.82, 2.24) is 10.2 Å². The van der Waals surface area contributed by atoms with Gasteiger partial charge in [-0.25, -0.2) is 0 Å². The lowest BCUT2D eigenvalue weighted by atomic mass is 9.94. The first kappa shape index (κ1) is 29.8. The maximum absolute atomic E-state index is 13.8. The van der Waals surface area contributed by atoms with E-state index in [4.69, 9.17) is 34.8 Å². The van der Waals surface area contributed by atoms with Crippen molar-refractivity contribution in [2.75, 3.05) is 5.75 Å². The molecule has 3 aromatic rings. The Morgan fingerprint density at radius 1 is 0.872 bits per heavy atom. The minimum atomic E-state index is -0.641.